The van der Waals surface area contributed by atoms with Gasteiger partial charge in [0.15, 0.2) is 9.84 Å². The molecule has 2 aromatic heterocycles. The Bertz CT molecular complexity index is 1490. The molecule has 12 heteroatoms. The maximum Gasteiger partial charge on any atom is 0.320 e. The van der Waals surface area contributed by atoms with Crippen molar-refractivity contribution in [1.82, 2.24) is 20.3 Å². The molecule has 10 nitrogen and oxygen atoms in total. The van der Waals surface area contributed by atoms with Crippen LogP contribution in [0.25, 0.3) is 11.3 Å². The van der Waals surface area contributed by atoms with Crippen LogP contribution < -0.4 is 15.5 Å². The number of urea groups is 1. The van der Waals surface area contributed by atoms with E-state index in [1.807, 2.05) is 11.8 Å². The molecule has 2 saturated carbocycles. The number of halogens is 1. The number of hydrogen-bond donors (Lipinski definition) is 2. The first kappa shape index (κ1) is 25.6. The fourth-order valence-electron chi connectivity index (χ4n) is 4.77. The molecule has 1 aromatic carbocycles. The smallest absolute Gasteiger partial charge is 0.320 e. The molecule has 3 aliphatic rings. The summed E-state index contributed by atoms with van der Waals surface area (Å²) in [6, 6.07) is 10.0. The maximum atomic E-state index is 13.8. The summed E-state index contributed by atoms with van der Waals surface area (Å²) in [5.41, 5.74) is 1.58. The van der Waals surface area contributed by atoms with Crippen molar-refractivity contribution in [3.05, 3.63) is 60.2 Å². The highest BCUT2D eigenvalue weighted by atomic mass is 32.2. The van der Waals surface area contributed by atoms with Gasteiger partial charge in [-0.05, 0) is 75.1 Å². The number of nitrogens with one attached hydrogen (secondary N) is 2. The van der Waals surface area contributed by atoms with Gasteiger partial charge < -0.3 is 15.0 Å². The number of pyridine rings is 1. The van der Waals surface area contributed by atoms with E-state index in [2.05, 4.69) is 15.6 Å². The van der Waals surface area contributed by atoms with Crippen molar-refractivity contribution in [2.45, 2.75) is 54.3 Å². The van der Waals surface area contributed by atoms with Gasteiger partial charge in [-0.1, -0.05) is 0 Å². The fourth-order valence-corrected chi connectivity index (χ4v) is 6.73. The van der Waals surface area contributed by atoms with Crippen molar-refractivity contribution in [1.29, 1.82) is 0 Å². The average molecular weight is 553 g/mol. The van der Waals surface area contributed by atoms with Gasteiger partial charge in [-0.2, -0.15) is 0 Å². The molecule has 1 saturated heterocycles. The highest BCUT2D eigenvalue weighted by molar-refractivity contribution is 7.92. The molecule has 0 radical (unpaired) electrons. The number of benzene rings is 1. The SMILES string of the molecule is CC1COCCN1c1nc(-c2ccc(NC(=O)NC3CC3)nc2)cc(C2(S(=O)(=O)c3ccc(F)cc3)CC2)n1. The molecule has 3 heterocycles. The van der Waals surface area contributed by atoms with E-state index in [1.165, 1.54) is 12.1 Å². The zero-order valence-corrected chi connectivity index (χ0v) is 22.2. The van der Waals surface area contributed by atoms with E-state index in [9.17, 15) is 17.6 Å². The molecule has 0 spiro atoms. The minimum Gasteiger partial charge on any atom is -0.377 e. The zero-order valence-electron chi connectivity index (χ0n) is 21.4. The molecule has 2 aliphatic carbocycles. The van der Waals surface area contributed by atoms with Crippen molar-refractivity contribution in [3.63, 3.8) is 0 Å². The summed E-state index contributed by atoms with van der Waals surface area (Å²) in [5, 5.41) is 5.58. The summed E-state index contributed by atoms with van der Waals surface area (Å²) in [4.78, 5) is 28.1. The number of ether oxygens (including phenoxy) is 1. The van der Waals surface area contributed by atoms with Crippen LogP contribution in [0.3, 0.4) is 0 Å². The van der Waals surface area contributed by atoms with Gasteiger partial charge >= 0.3 is 6.03 Å². The summed E-state index contributed by atoms with van der Waals surface area (Å²) in [6.45, 7) is 3.59. The predicted octanol–water partition coefficient (Wildman–Crippen LogP) is 3.65. The number of anilines is 2. The first-order valence-electron chi connectivity index (χ1n) is 13.0. The van der Waals surface area contributed by atoms with Crippen molar-refractivity contribution in [2.75, 3.05) is 30.0 Å². The van der Waals surface area contributed by atoms with Crippen LogP contribution in [0.4, 0.5) is 21.0 Å². The second-order valence-corrected chi connectivity index (χ2v) is 12.6. The van der Waals surface area contributed by atoms with Crippen LogP contribution in [-0.4, -0.2) is 61.2 Å². The van der Waals surface area contributed by atoms with E-state index in [4.69, 9.17) is 14.7 Å². The van der Waals surface area contributed by atoms with E-state index < -0.39 is 20.4 Å². The zero-order chi connectivity index (χ0) is 27.2. The molecule has 3 aromatic rings. The van der Waals surface area contributed by atoms with Gasteiger partial charge in [0.05, 0.1) is 35.5 Å². The van der Waals surface area contributed by atoms with E-state index in [0.29, 0.717) is 61.3 Å². The average Bonchev–Trinajstić information content (AvgIpc) is 3.85. The molecule has 3 fully saturated rings. The van der Waals surface area contributed by atoms with Crippen molar-refractivity contribution in [2.24, 2.45) is 0 Å². The third kappa shape index (κ3) is 5.06. The summed E-state index contributed by atoms with van der Waals surface area (Å²) in [5.74, 6) is 0.317. The van der Waals surface area contributed by atoms with Crippen molar-refractivity contribution >= 4 is 27.6 Å². The molecule has 39 heavy (non-hydrogen) atoms. The van der Waals surface area contributed by atoms with Crippen LogP contribution in [0.15, 0.2) is 53.6 Å². The van der Waals surface area contributed by atoms with Crippen LogP contribution in [0.1, 0.15) is 38.3 Å². The number of hydrogen-bond acceptors (Lipinski definition) is 8. The van der Waals surface area contributed by atoms with Gasteiger partial charge in [0.2, 0.25) is 5.95 Å². The summed E-state index contributed by atoms with van der Waals surface area (Å²) < 4.78 is 45.5. The molecule has 0 bridgehead atoms. The number of nitrogens with zero attached hydrogens (tertiary/aromatic N) is 4. The van der Waals surface area contributed by atoms with Crippen molar-refractivity contribution in [3.8, 4) is 11.3 Å². The van der Waals surface area contributed by atoms with Gasteiger partial charge in [0, 0.05) is 24.3 Å². The lowest BCUT2D eigenvalue weighted by Gasteiger charge is -2.34. The van der Waals surface area contributed by atoms with E-state index >= 15 is 0 Å². The van der Waals surface area contributed by atoms with Gasteiger partial charge in [0.25, 0.3) is 0 Å². The van der Waals surface area contributed by atoms with Gasteiger partial charge in [-0.3, -0.25) is 5.32 Å². The largest absolute Gasteiger partial charge is 0.377 e. The lowest BCUT2D eigenvalue weighted by molar-refractivity contribution is 0.0980. The second kappa shape index (κ2) is 9.83. The number of aromatic nitrogens is 3. The fraction of sp³-hybridized carbons (Fsp3) is 0.407. The van der Waals surface area contributed by atoms with Crippen molar-refractivity contribution < 1.29 is 22.3 Å². The number of amides is 2. The standard InChI is InChI=1S/C27H29FN6O4S/c1-17-16-38-13-12-34(17)25-31-22(18-2-9-24(29-15-18)33-26(35)30-20-5-6-20)14-23(32-25)27(10-11-27)39(36,37)21-7-3-19(28)4-8-21/h2-4,7-9,14-15,17,20H,5-6,10-13,16H2,1H3,(H2,29,30,33,35). The molecule has 2 N–H and O–H groups in total. The Balaban J connectivity index is 1.37. The van der Waals surface area contributed by atoms with Crippen LogP contribution in [0.2, 0.25) is 0 Å². The van der Waals surface area contributed by atoms with E-state index in [1.54, 1.807) is 24.4 Å². The lowest BCUT2D eigenvalue weighted by atomic mass is 10.1. The number of sulfone groups is 1. The minimum atomic E-state index is -3.85. The van der Waals surface area contributed by atoms with Crippen LogP contribution in [-0.2, 0) is 19.3 Å². The minimum absolute atomic E-state index is 0.000361. The van der Waals surface area contributed by atoms with Gasteiger partial charge in [0.1, 0.15) is 16.4 Å². The molecule has 6 rings (SSSR count). The van der Waals surface area contributed by atoms with Crippen LogP contribution in [0, 0.1) is 5.82 Å². The van der Waals surface area contributed by atoms with E-state index in [0.717, 1.165) is 25.0 Å². The highest BCUT2D eigenvalue weighted by Crippen LogP contribution is 2.55. The molecular formula is C27H29FN6O4S. The molecule has 1 aliphatic heterocycles. The number of rotatable bonds is 7. The number of carbonyl (C=O) groups excluding carboxylic acids is 1. The summed E-state index contributed by atoms with van der Waals surface area (Å²) >= 11 is 0. The molecule has 1 unspecified atom stereocenters. The highest BCUT2D eigenvalue weighted by Gasteiger charge is 2.58. The topological polar surface area (TPSA) is 126 Å². The van der Waals surface area contributed by atoms with Crippen LogP contribution >= 0.6 is 0 Å². The third-order valence-corrected chi connectivity index (χ3v) is 9.90. The maximum absolute atomic E-state index is 13.8. The Labute approximate surface area is 225 Å². The Morgan fingerprint density at radius 1 is 1.13 bits per heavy atom. The molecule has 1 atom stereocenters. The lowest BCUT2D eigenvalue weighted by Crippen LogP contribution is -2.45. The normalized spacial score (nSPS) is 20.4. The summed E-state index contributed by atoms with van der Waals surface area (Å²) in [6.07, 6.45) is 4.37. The third-order valence-electron chi connectivity index (χ3n) is 7.36. The Hall–Kier alpha value is -3.64. The number of morpholine rings is 1. The van der Waals surface area contributed by atoms with Gasteiger partial charge in [-0.15, -0.1) is 0 Å². The Kier molecular flexibility index (Phi) is 6.46. The molecule has 204 valence electrons. The molecule has 2 amide bonds. The Morgan fingerprint density at radius 3 is 2.54 bits per heavy atom. The van der Waals surface area contributed by atoms with Crippen LogP contribution in [0.5, 0.6) is 0 Å². The van der Waals surface area contributed by atoms with E-state index in [-0.39, 0.29) is 23.0 Å². The first-order valence-corrected chi connectivity index (χ1v) is 14.5. The second-order valence-electron chi connectivity index (χ2n) is 10.3. The summed E-state index contributed by atoms with van der Waals surface area (Å²) in [7, 11) is -3.85. The quantitative estimate of drug-likeness (QED) is 0.426. The predicted molar refractivity (Wildman–Crippen MR) is 143 cm³/mol. The van der Waals surface area contributed by atoms with Gasteiger partial charge in [-0.25, -0.2) is 32.6 Å². The first-order chi connectivity index (χ1) is 18.7. The molecular weight excluding hydrogens is 523 g/mol. The number of carbonyl (C=O) groups is 1. The Morgan fingerprint density at radius 2 is 1.90 bits per heavy atom. The monoisotopic (exact) mass is 552 g/mol.